The van der Waals surface area contributed by atoms with Crippen molar-refractivity contribution >= 4 is 32.9 Å². The van der Waals surface area contributed by atoms with Crippen LogP contribution < -0.4 is 10.5 Å². The fourth-order valence-corrected chi connectivity index (χ4v) is 1.91. The number of benzene rings is 1. The Balaban J connectivity index is 2.04. The summed E-state index contributed by atoms with van der Waals surface area (Å²) >= 11 is 3.09. The highest BCUT2D eigenvalue weighted by atomic mass is 79.9. The van der Waals surface area contributed by atoms with Gasteiger partial charge in [0.15, 0.2) is 5.65 Å². The number of hydrogen-bond donors (Lipinski definition) is 2. The van der Waals surface area contributed by atoms with Crippen molar-refractivity contribution in [3.05, 3.63) is 34.7 Å². The minimum Gasteiger partial charge on any atom is -0.438 e. The molecule has 96 valence electrons. The Kier molecular flexibility index (Phi) is 2.79. The molecule has 8 heteroatoms. The number of rotatable bonds is 2. The summed E-state index contributed by atoms with van der Waals surface area (Å²) in [5.41, 5.74) is 6.05. The molecule has 0 bridgehead atoms. The van der Waals surface area contributed by atoms with Crippen LogP contribution in [0.25, 0.3) is 11.0 Å². The number of nitrogens with two attached hydrogens (primary N) is 1. The third kappa shape index (κ3) is 2.22. The molecule has 0 aliphatic rings. The van der Waals surface area contributed by atoms with Gasteiger partial charge in [0, 0.05) is 0 Å². The molecular formula is C11H7BrFN5O. The molecule has 0 aliphatic heterocycles. The summed E-state index contributed by atoms with van der Waals surface area (Å²) in [6, 6.07) is 4.28. The van der Waals surface area contributed by atoms with Gasteiger partial charge < -0.3 is 10.5 Å². The van der Waals surface area contributed by atoms with Gasteiger partial charge in [0.05, 0.1) is 10.7 Å². The molecule has 6 nitrogen and oxygen atoms in total. The van der Waals surface area contributed by atoms with Crippen molar-refractivity contribution in [2.75, 3.05) is 5.73 Å². The van der Waals surface area contributed by atoms with Gasteiger partial charge in [-0.2, -0.15) is 15.1 Å². The number of ether oxygens (including phenoxy) is 1. The summed E-state index contributed by atoms with van der Waals surface area (Å²) < 4.78 is 19.0. The van der Waals surface area contributed by atoms with E-state index in [1.165, 1.54) is 24.4 Å². The summed E-state index contributed by atoms with van der Waals surface area (Å²) in [6.45, 7) is 0. The number of anilines is 1. The highest BCUT2D eigenvalue weighted by Crippen LogP contribution is 2.29. The van der Waals surface area contributed by atoms with Crippen LogP contribution in [-0.4, -0.2) is 20.2 Å². The maximum absolute atomic E-state index is 13.1. The number of aromatic amines is 1. The zero-order valence-electron chi connectivity index (χ0n) is 9.39. The van der Waals surface area contributed by atoms with E-state index in [9.17, 15) is 4.39 Å². The van der Waals surface area contributed by atoms with Crippen LogP contribution >= 0.6 is 15.9 Å². The third-order valence-electron chi connectivity index (χ3n) is 2.40. The number of nitrogen functional groups attached to an aromatic ring is 1. The van der Waals surface area contributed by atoms with Gasteiger partial charge in [0.2, 0.25) is 11.8 Å². The lowest BCUT2D eigenvalue weighted by Gasteiger charge is -2.06. The average molecular weight is 324 g/mol. The molecular weight excluding hydrogens is 317 g/mol. The average Bonchev–Trinajstić information content (AvgIpc) is 2.82. The minimum atomic E-state index is -0.372. The molecule has 3 aromatic rings. The van der Waals surface area contributed by atoms with Gasteiger partial charge in [0.25, 0.3) is 0 Å². The standard InChI is InChI=1S/C11H7BrFN5O/c12-7-3-5(1-2-8(7)13)19-10-6-4-15-18-9(6)16-11(14)17-10/h1-4H,(H3,14,15,16,17,18). The highest BCUT2D eigenvalue weighted by molar-refractivity contribution is 9.10. The SMILES string of the molecule is Nc1nc(Oc2ccc(F)c(Br)c2)c2cn[nH]c2n1. The first-order chi connectivity index (χ1) is 9.13. The van der Waals surface area contributed by atoms with Gasteiger partial charge in [-0.1, -0.05) is 0 Å². The van der Waals surface area contributed by atoms with E-state index in [2.05, 4.69) is 36.1 Å². The molecule has 19 heavy (non-hydrogen) atoms. The van der Waals surface area contributed by atoms with Crippen molar-refractivity contribution in [1.29, 1.82) is 0 Å². The van der Waals surface area contributed by atoms with E-state index >= 15 is 0 Å². The fraction of sp³-hybridized carbons (Fsp3) is 0. The largest absolute Gasteiger partial charge is 0.438 e. The maximum atomic E-state index is 13.1. The Morgan fingerprint density at radius 2 is 2.16 bits per heavy atom. The zero-order valence-corrected chi connectivity index (χ0v) is 11.0. The third-order valence-corrected chi connectivity index (χ3v) is 3.01. The topological polar surface area (TPSA) is 89.7 Å². The van der Waals surface area contributed by atoms with E-state index in [1.54, 1.807) is 0 Å². The predicted molar refractivity (Wildman–Crippen MR) is 70.3 cm³/mol. The molecule has 0 unspecified atom stereocenters. The van der Waals surface area contributed by atoms with Crippen molar-refractivity contribution in [1.82, 2.24) is 20.2 Å². The number of fused-ring (bicyclic) bond motifs is 1. The first-order valence-corrected chi connectivity index (χ1v) is 6.02. The number of nitrogens with one attached hydrogen (secondary N) is 1. The summed E-state index contributed by atoms with van der Waals surface area (Å²) in [7, 11) is 0. The Morgan fingerprint density at radius 3 is 2.95 bits per heavy atom. The van der Waals surface area contributed by atoms with E-state index < -0.39 is 0 Å². The molecule has 3 N–H and O–H groups in total. The lowest BCUT2D eigenvalue weighted by Crippen LogP contribution is -1.98. The van der Waals surface area contributed by atoms with E-state index in [0.29, 0.717) is 21.3 Å². The van der Waals surface area contributed by atoms with E-state index in [-0.39, 0.29) is 17.6 Å². The van der Waals surface area contributed by atoms with Crippen LogP contribution in [0.15, 0.2) is 28.9 Å². The lowest BCUT2D eigenvalue weighted by molar-refractivity contribution is 0.467. The molecule has 0 spiro atoms. The van der Waals surface area contributed by atoms with Crippen molar-refractivity contribution in [2.45, 2.75) is 0 Å². The highest BCUT2D eigenvalue weighted by Gasteiger charge is 2.11. The number of nitrogens with zero attached hydrogens (tertiary/aromatic N) is 3. The Labute approximate surface area is 114 Å². The minimum absolute atomic E-state index is 0.0629. The number of halogens is 2. The van der Waals surface area contributed by atoms with Gasteiger partial charge in [-0.3, -0.25) is 5.10 Å². The van der Waals surface area contributed by atoms with Crippen molar-refractivity contribution < 1.29 is 9.13 Å². The summed E-state index contributed by atoms with van der Waals surface area (Å²) in [5.74, 6) is 0.375. The number of hydrogen-bond acceptors (Lipinski definition) is 5. The molecule has 0 radical (unpaired) electrons. The Hall–Kier alpha value is -2.22. The van der Waals surface area contributed by atoms with Gasteiger partial charge in [0.1, 0.15) is 17.0 Å². The van der Waals surface area contributed by atoms with E-state index in [4.69, 9.17) is 10.5 Å². The maximum Gasteiger partial charge on any atom is 0.235 e. The fourth-order valence-electron chi connectivity index (χ4n) is 1.55. The quantitative estimate of drug-likeness (QED) is 0.756. The second-order valence-electron chi connectivity index (χ2n) is 3.70. The second kappa shape index (κ2) is 4.47. The number of aromatic nitrogens is 4. The van der Waals surface area contributed by atoms with Gasteiger partial charge in [-0.25, -0.2) is 4.39 Å². The molecule has 0 fully saturated rings. The van der Waals surface area contributed by atoms with E-state index in [1.807, 2.05) is 0 Å². The smallest absolute Gasteiger partial charge is 0.235 e. The molecule has 0 saturated carbocycles. The molecule has 1 aromatic carbocycles. The Morgan fingerprint density at radius 1 is 1.32 bits per heavy atom. The normalized spacial score (nSPS) is 10.8. The van der Waals surface area contributed by atoms with Crippen molar-refractivity contribution in [2.24, 2.45) is 0 Å². The van der Waals surface area contributed by atoms with Crippen LogP contribution in [0.1, 0.15) is 0 Å². The van der Waals surface area contributed by atoms with Crippen LogP contribution in [0.3, 0.4) is 0 Å². The Bertz CT molecular complexity index is 760. The molecule has 0 saturated heterocycles. The van der Waals surface area contributed by atoms with E-state index in [0.717, 1.165) is 0 Å². The van der Waals surface area contributed by atoms with Gasteiger partial charge >= 0.3 is 0 Å². The zero-order chi connectivity index (χ0) is 13.4. The van der Waals surface area contributed by atoms with Crippen LogP contribution in [-0.2, 0) is 0 Å². The van der Waals surface area contributed by atoms with Crippen LogP contribution in [0.2, 0.25) is 0 Å². The lowest BCUT2D eigenvalue weighted by atomic mass is 10.3. The van der Waals surface area contributed by atoms with Crippen LogP contribution in [0.4, 0.5) is 10.3 Å². The second-order valence-corrected chi connectivity index (χ2v) is 4.55. The van der Waals surface area contributed by atoms with Gasteiger partial charge in [-0.15, -0.1) is 0 Å². The van der Waals surface area contributed by atoms with Crippen LogP contribution in [0, 0.1) is 5.82 Å². The molecule has 2 heterocycles. The predicted octanol–water partition coefficient (Wildman–Crippen LogP) is 2.63. The summed E-state index contributed by atoms with van der Waals surface area (Å²) in [4.78, 5) is 7.97. The van der Waals surface area contributed by atoms with Crippen molar-refractivity contribution in [3.63, 3.8) is 0 Å². The van der Waals surface area contributed by atoms with Crippen molar-refractivity contribution in [3.8, 4) is 11.6 Å². The first-order valence-electron chi connectivity index (χ1n) is 5.23. The van der Waals surface area contributed by atoms with Crippen LogP contribution in [0.5, 0.6) is 11.6 Å². The first kappa shape index (κ1) is 11.8. The van der Waals surface area contributed by atoms with Gasteiger partial charge in [-0.05, 0) is 34.1 Å². The molecule has 3 rings (SSSR count). The molecule has 0 amide bonds. The number of H-pyrrole nitrogens is 1. The summed E-state index contributed by atoms with van der Waals surface area (Å²) in [6.07, 6.45) is 1.53. The summed E-state index contributed by atoms with van der Waals surface area (Å²) in [5, 5.41) is 7.11. The molecule has 2 aromatic heterocycles. The molecule has 0 aliphatic carbocycles. The monoisotopic (exact) mass is 323 g/mol. The molecule has 0 atom stereocenters.